The summed E-state index contributed by atoms with van der Waals surface area (Å²) in [6.07, 6.45) is 1.60. The van der Waals surface area contributed by atoms with Crippen molar-refractivity contribution in [2.75, 3.05) is 26.1 Å². The highest BCUT2D eigenvalue weighted by Gasteiger charge is 2.32. The van der Waals surface area contributed by atoms with Gasteiger partial charge in [0, 0.05) is 29.9 Å². The lowest BCUT2D eigenvalue weighted by Gasteiger charge is -2.26. The van der Waals surface area contributed by atoms with Crippen LogP contribution in [0.15, 0.2) is 36.4 Å². The average molecular weight is 362 g/mol. The van der Waals surface area contributed by atoms with E-state index in [2.05, 4.69) is 5.32 Å². The summed E-state index contributed by atoms with van der Waals surface area (Å²) in [4.78, 5) is 14.3. The van der Waals surface area contributed by atoms with Gasteiger partial charge in [-0.05, 0) is 37.1 Å². The number of nitrogens with zero attached hydrogens (tertiary/aromatic N) is 1. The number of ether oxygens (including phenoxy) is 2. The fourth-order valence-electron chi connectivity index (χ4n) is 3.25. The van der Waals surface area contributed by atoms with Gasteiger partial charge in [-0.15, -0.1) is 0 Å². The van der Waals surface area contributed by atoms with Crippen molar-refractivity contribution in [3.8, 4) is 11.5 Å². The van der Waals surface area contributed by atoms with Crippen LogP contribution < -0.4 is 14.8 Å². The van der Waals surface area contributed by atoms with E-state index in [0.717, 1.165) is 36.6 Å². The largest absolute Gasteiger partial charge is 0.497 e. The van der Waals surface area contributed by atoms with Crippen LogP contribution in [0.5, 0.6) is 11.5 Å². The quantitative estimate of drug-likeness (QED) is 0.880. The molecule has 2 aromatic rings. The molecule has 0 radical (unpaired) electrons. The first-order valence-corrected chi connectivity index (χ1v) is 8.27. The molecule has 1 N–H and O–H groups in total. The van der Waals surface area contributed by atoms with E-state index in [1.807, 2.05) is 12.1 Å². The third-order valence-electron chi connectivity index (χ3n) is 4.43. The standard InChI is InChI=1S/C19H20F2N2O3/c1-25-15-5-6-16(18(11-15)26-2)17-4-3-7-23(17)19(24)22-14-9-12(20)8-13(21)10-14/h5-6,8-11,17H,3-4,7H2,1-2H3,(H,22,24). The lowest BCUT2D eigenvalue weighted by molar-refractivity contribution is 0.206. The summed E-state index contributed by atoms with van der Waals surface area (Å²) < 4.78 is 37.3. The van der Waals surface area contributed by atoms with Gasteiger partial charge >= 0.3 is 6.03 Å². The van der Waals surface area contributed by atoms with Crippen LogP contribution >= 0.6 is 0 Å². The number of likely N-dealkylation sites (tertiary alicyclic amines) is 1. The zero-order valence-corrected chi connectivity index (χ0v) is 14.6. The van der Waals surface area contributed by atoms with Gasteiger partial charge in [-0.25, -0.2) is 13.6 Å². The van der Waals surface area contributed by atoms with E-state index in [4.69, 9.17) is 9.47 Å². The SMILES string of the molecule is COc1ccc(C2CCCN2C(=O)Nc2cc(F)cc(F)c2)c(OC)c1. The van der Waals surface area contributed by atoms with Crippen molar-refractivity contribution in [2.24, 2.45) is 0 Å². The Kier molecular flexibility index (Phi) is 5.25. The fraction of sp³-hybridized carbons (Fsp3) is 0.316. The number of hydrogen-bond acceptors (Lipinski definition) is 3. The molecule has 0 bridgehead atoms. The molecule has 1 atom stereocenters. The van der Waals surface area contributed by atoms with Crippen molar-refractivity contribution in [2.45, 2.75) is 18.9 Å². The number of urea groups is 1. The summed E-state index contributed by atoms with van der Waals surface area (Å²) in [7, 11) is 3.13. The zero-order valence-electron chi connectivity index (χ0n) is 14.6. The Bertz CT molecular complexity index is 793. The van der Waals surface area contributed by atoms with E-state index < -0.39 is 17.7 Å². The fourth-order valence-corrected chi connectivity index (χ4v) is 3.25. The molecule has 7 heteroatoms. The molecule has 3 rings (SSSR count). The van der Waals surface area contributed by atoms with E-state index in [-0.39, 0.29) is 11.7 Å². The van der Waals surface area contributed by atoms with Gasteiger partial charge in [0.2, 0.25) is 0 Å². The first-order valence-electron chi connectivity index (χ1n) is 8.27. The van der Waals surface area contributed by atoms with Crippen molar-refractivity contribution in [3.63, 3.8) is 0 Å². The third kappa shape index (κ3) is 3.71. The van der Waals surface area contributed by atoms with Gasteiger partial charge in [0.05, 0.1) is 20.3 Å². The molecule has 1 unspecified atom stereocenters. The molecular formula is C19H20F2N2O3. The lowest BCUT2D eigenvalue weighted by Crippen LogP contribution is -2.34. The van der Waals surface area contributed by atoms with Crippen LogP contribution in [0.4, 0.5) is 19.3 Å². The first-order chi connectivity index (χ1) is 12.5. The van der Waals surface area contributed by atoms with Crippen molar-refractivity contribution in [1.29, 1.82) is 0 Å². The number of anilines is 1. The number of amides is 2. The molecule has 1 fully saturated rings. The van der Waals surface area contributed by atoms with Crippen LogP contribution in [0.2, 0.25) is 0 Å². The second kappa shape index (κ2) is 7.59. The van der Waals surface area contributed by atoms with E-state index in [9.17, 15) is 13.6 Å². The molecule has 0 aromatic heterocycles. The van der Waals surface area contributed by atoms with Gasteiger partial charge in [-0.3, -0.25) is 0 Å². The molecule has 5 nitrogen and oxygen atoms in total. The Morgan fingerprint density at radius 2 is 1.85 bits per heavy atom. The highest BCUT2D eigenvalue weighted by molar-refractivity contribution is 5.89. The summed E-state index contributed by atoms with van der Waals surface area (Å²) in [5.41, 5.74) is 0.950. The number of rotatable bonds is 4. The Morgan fingerprint density at radius 3 is 2.50 bits per heavy atom. The molecule has 1 heterocycles. The molecule has 138 valence electrons. The van der Waals surface area contributed by atoms with Crippen LogP contribution in [0.3, 0.4) is 0 Å². The van der Waals surface area contributed by atoms with Crippen LogP contribution in [0.25, 0.3) is 0 Å². The van der Waals surface area contributed by atoms with Crippen molar-refractivity contribution in [1.82, 2.24) is 4.90 Å². The number of hydrogen-bond donors (Lipinski definition) is 1. The van der Waals surface area contributed by atoms with Crippen LogP contribution in [-0.4, -0.2) is 31.7 Å². The molecule has 2 amide bonds. The molecule has 0 saturated carbocycles. The summed E-state index contributed by atoms with van der Waals surface area (Å²) in [6.45, 7) is 0.545. The summed E-state index contributed by atoms with van der Waals surface area (Å²) in [5.74, 6) is -0.189. The molecule has 1 aliphatic heterocycles. The molecule has 1 saturated heterocycles. The van der Waals surface area contributed by atoms with Gasteiger partial charge in [0.25, 0.3) is 0 Å². The maximum absolute atomic E-state index is 13.3. The number of nitrogens with one attached hydrogen (secondary N) is 1. The molecule has 0 spiro atoms. The van der Waals surface area contributed by atoms with Crippen molar-refractivity contribution >= 4 is 11.7 Å². The normalized spacial score (nSPS) is 16.5. The Balaban J connectivity index is 1.82. The van der Waals surface area contributed by atoms with Crippen molar-refractivity contribution < 1.29 is 23.0 Å². The lowest BCUT2D eigenvalue weighted by atomic mass is 10.0. The highest BCUT2D eigenvalue weighted by atomic mass is 19.1. The van der Waals surface area contributed by atoms with E-state index in [1.54, 1.807) is 25.2 Å². The Morgan fingerprint density at radius 1 is 1.12 bits per heavy atom. The Hall–Kier alpha value is -2.83. The van der Waals surface area contributed by atoms with Gasteiger partial charge in [0.15, 0.2) is 0 Å². The van der Waals surface area contributed by atoms with Gasteiger partial charge in [0.1, 0.15) is 23.1 Å². The topological polar surface area (TPSA) is 50.8 Å². The minimum atomic E-state index is -0.741. The van der Waals surface area contributed by atoms with E-state index in [1.165, 1.54) is 0 Å². The molecule has 26 heavy (non-hydrogen) atoms. The minimum absolute atomic E-state index is 0.0832. The molecule has 1 aliphatic rings. The highest BCUT2D eigenvalue weighted by Crippen LogP contribution is 2.39. The minimum Gasteiger partial charge on any atom is -0.497 e. The number of carbonyl (C=O) groups excluding carboxylic acids is 1. The smallest absolute Gasteiger partial charge is 0.322 e. The number of carbonyl (C=O) groups is 1. The van der Waals surface area contributed by atoms with Crippen LogP contribution in [0, 0.1) is 11.6 Å². The van der Waals surface area contributed by atoms with E-state index in [0.29, 0.717) is 18.0 Å². The van der Waals surface area contributed by atoms with E-state index >= 15 is 0 Å². The monoisotopic (exact) mass is 362 g/mol. The first kappa shape index (κ1) is 18.0. The van der Waals surface area contributed by atoms with Gasteiger partial charge in [-0.2, -0.15) is 0 Å². The second-order valence-corrected chi connectivity index (χ2v) is 6.05. The molecule has 2 aromatic carbocycles. The predicted octanol–water partition coefficient (Wildman–Crippen LogP) is 4.35. The zero-order chi connectivity index (χ0) is 18.7. The maximum atomic E-state index is 13.3. The average Bonchev–Trinajstić information content (AvgIpc) is 3.09. The number of methoxy groups -OCH3 is 2. The second-order valence-electron chi connectivity index (χ2n) is 6.05. The third-order valence-corrected chi connectivity index (χ3v) is 4.43. The van der Waals surface area contributed by atoms with Crippen molar-refractivity contribution in [3.05, 3.63) is 53.6 Å². The summed E-state index contributed by atoms with van der Waals surface area (Å²) in [5, 5.41) is 2.57. The Labute approximate surface area is 150 Å². The summed E-state index contributed by atoms with van der Waals surface area (Å²) >= 11 is 0. The molecular weight excluding hydrogens is 342 g/mol. The van der Waals surface area contributed by atoms with Crippen LogP contribution in [-0.2, 0) is 0 Å². The maximum Gasteiger partial charge on any atom is 0.322 e. The molecule has 0 aliphatic carbocycles. The van der Waals surface area contributed by atoms with Gasteiger partial charge < -0.3 is 19.7 Å². The van der Waals surface area contributed by atoms with Gasteiger partial charge in [-0.1, -0.05) is 0 Å². The van der Waals surface area contributed by atoms with Crippen LogP contribution in [0.1, 0.15) is 24.4 Å². The number of benzene rings is 2. The number of halogens is 2. The predicted molar refractivity (Wildman–Crippen MR) is 93.6 cm³/mol. The summed E-state index contributed by atoms with van der Waals surface area (Å²) in [6, 6.07) is 7.79.